The minimum absolute atomic E-state index is 0.0786. The third-order valence-corrected chi connectivity index (χ3v) is 5.32. The summed E-state index contributed by atoms with van der Waals surface area (Å²) >= 11 is 13.9. The Balaban J connectivity index is 2.08. The molecule has 1 aliphatic heterocycles. The van der Waals surface area contributed by atoms with Gasteiger partial charge in [-0.2, -0.15) is 8.75 Å². The molecule has 0 bridgehead atoms. The molecule has 1 atom stereocenters. The van der Waals surface area contributed by atoms with E-state index in [2.05, 4.69) is 32.8 Å². The van der Waals surface area contributed by atoms with Gasteiger partial charge in [0.25, 0.3) is 0 Å². The van der Waals surface area contributed by atoms with Crippen LogP contribution in [0.1, 0.15) is 26.7 Å². The van der Waals surface area contributed by atoms with Crippen molar-refractivity contribution >= 4 is 51.7 Å². The van der Waals surface area contributed by atoms with E-state index in [4.69, 9.17) is 23.2 Å². The molecule has 2 heterocycles. The van der Waals surface area contributed by atoms with Gasteiger partial charge in [0.2, 0.25) is 0 Å². The zero-order chi connectivity index (χ0) is 15.0. The summed E-state index contributed by atoms with van der Waals surface area (Å²) in [6.07, 6.45) is 2.14. The Morgan fingerprint density at radius 2 is 2.10 bits per heavy atom. The Kier molecular flexibility index (Phi) is 4.28. The second kappa shape index (κ2) is 5.88. The average Bonchev–Trinajstić information content (AvgIpc) is 2.84. The highest BCUT2D eigenvalue weighted by atomic mass is 35.5. The number of benzene rings is 1. The molecule has 0 radical (unpaired) electrons. The lowest BCUT2D eigenvalue weighted by Gasteiger charge is -2.34. The first-order valence-electron chi connectivity index (χ1n) is 7.14. The van der Waals surface area contributed by atoms with Crippen molar-refractivity contribution in [3.05, 3.63) is 16.1 Å². The standard InChI is InChI=1S/C14H18Cl2N4S/c1-3-14(2)8-20(6-4-5-17-14)13-10(16)7-9(15)11-12(13)19-21-18-11/h7,17H,3-6,8H2,1-2H3. The van der Waals surface area contributed by atoms with Crippen molar-refractivity contribution < 1.29 is 0 Å². The van der Waals surface area contributed by atoms with Crippen LogP contribution >= 0.6 is 34.9 Å². The van der Waals surface area contributed by atoms with Crippen LogP contribution in [0.2, 0.25) is 10.0 Å². The number of hydrogen-bond donors (Lipinski definition) is 1. The number of fused-ring (bicyclic) bond motifs is 1. The van der Waals surface area contributed by atoms with E-state index < -0.39 is 0 Å². The number of hydrogen-bond acceptors (Lipinski definition) is 5. The van der Waals surface area contributed by atoms with E-state index in [-0.39, 0.29) is 5.54 Å². The molecular weight excluding hydrogens is 327 g/mol. The molecule has 0 aliphatic carbocycles. The fourth-order valence-corrected chi connectivity index (χ4v) is 4.03. The van der Waals surface area contributed by atoms with Gasteiger partial charge < -0.3 is 10.2 Å². The number of nitrogens with one attached hydrogen (secondary N) is 1. The summed E-state index contributed by atoms with van der Waals surface area (Å²) < 4.78 is 8.71. The van der Waals surface area contributed by atoms with Gasteiger partial charge in [-0.25, -0.2) is 0 Å². The summed E-state index contributed by atoms with van der Waals surface area (Å²) in [7, 11) is 0. The maximum absolute atomic E-state index is 6.48. The van der Waals surface area contributed by atoms with Gasteiger partial charge in [-0.05, 0) is 32.4 Å². The molecule has 3 rings (SSSR count). The lowest BCUT2D eigenvalue weighted by atomic mass is 9.98. The molecule has 0 spiro atoms. The van der Waals surface area contributed by atoms with E-state index in [0.29, 0.717) is 10.0 Å². The maximum Gasteiger partial charge on any atom is 0.131 e. The highest BCUT2D eigenvalue weighted by Crippen LogP contribution is 2.38. The number of rotatable bonds is 2. The molecule has 1 fully saturated rings. The van der Waals surface area contributed by atoms with Gasteiger partial charge in [0.05, 0.1) is 27.5 Å². The number of anilines is 1. The molecule has 0 amide bonds. The Labute approximate surface area is 138 Å². The fourth-order valence-electron chi connectivity index (χ4n) is 2.81. The van der Waals surface area contributed by atoms with Crippen LogP contribution in [-0.4, -0.2) is 33.9 Å². The Morgan fingerprint density at radius 1 is 1.33 bits per heavy atom. The van der Waals surface area contributed by atoms with Crippen LogP contribution in [0.25, 0.3) is 11.0 Å². The summed E-state index contributed by atoms with van der Waals surface area (Å²) in [5.74, 6) is 0. The lowest BCUT2D eigenvalue weighted by molar-refractivity contribution is 0.366. The van der Waals surface area contributed by atoms with E-state index in [0.717, 1.165) is 49.2 Å². The van der Waals surface area contributed by atoms with E-state index in [1.807, 2.05) is 0 Å². The lowest BCUT2D eigenvalue weighted by Crippen LogP contribution is -2.48. The summed E-state index contributed by atoms with van der Waals surface area (Å²) in [4.78, 5) is 2.33. The van der Waals surface area contributed by atoms with E-state index in [9.17, 15) is 0 Å². The highest BCUT2D eigenvalue weighted by Gasteiger charge is 2.30. The quantitative estimate of drug-likeness (QED) is 0.894. The first-order chi connectivity index (χ1) is 10.0. The topological polar surface area (TPSA) is 41.1 Å². The summed E-state index contributed by atoms with van der Waals surface area (Å²) in [6.45, 7) is 7.34. The molecule has 4 nitrogen and oxygen atoms in total. The summed E-state index contributed by atoms with van der Waals surface area (Å²) in [5.41, 5.74) is 2.61. The number of aromatic nitrogens is 2. The summed E-state index contributed by atoms with van der Waals surface area (Å²) in [6, 6.07) is 1.78. The van der Waals surface area contributed by atoms with Crippen LogP contribution in [0, 0.1) is 0 Å². The first-order valence-corrected chi connectivity index (χ1v) is 8.63. The Bertz CT molecular complexity index is 660. The number of nitrogens with zero attached hydrogens (tertiary/aromatic N) is 3. The van der Waals surface area contributed by atoms with Gasteiger partial charge in [0.1, 0.15) is 11.0 Å². The second-order valence-corrected chi connectivity index (χ2v) is 7.11. The molecule has 2 aromatic rings. The van der Waals surface area contributed by atoms with Gasteiger partial charge in [0, 0.05) is 18.6 Å². The van der Waals surface area contributed by atoms with Crippen molar-refractivity contribution in [2.75, 3.05) is 24.5 Å². The van der Waals surface area contributed by atoms with Crippen molar-refractivity contribution in [2.45, 2.75) is 32.2 Å². The van der Waals surface area contributed by atoms with Crippen LogP contribution in [0.15, 0.2) is 6.07 Å². The van der Waals surface area contributed by atoms with Crippen molar-refractivity contribution in [3.8, 4) is 0 Å². The maximum atomic E-state index is 6.48. The molecule has 1 aromatic heterocycles. The van der Waals surface area contributed by atoms with Crippen LogP contribution in [-0.2, 0) is 0 Å². The van der Waals surface area contributed by atoms with E-state index in [1.165, 1.54) is 11.7 Å². The minimum Gasteiger partial charge on any atom is -0.367 e. The van der Waals surface area contributed by atoms with E-state index >= 15 is 0 Å². The van der Waals surface area contributed by atoms with Crippen molar-refractivity contribution in [1.82, 2.24) is 14.1 Å². The molecule has 1 N–H and O–H groups in total. The molecule has 114 valence electrons. The monoisotopic (exact) mass is 344 g/mol. The zero-order valence-corrected chi connectivity index (χ0v) is 14.4. The SMILES string of the molecule is CCC1(C)CN(c2c(Cl)cc(Cl)c3nsnc23)CCCN1. The zero-order valence-electron chi connectivity index (χ0n) is 12.1. The fraction of sp³-hybridized carbons (Fsp3) is 0.571. The van der Waals surface area contributed by atoms with Crippen LogP contribution < -0.4 is 10.2 Å². The molecule has 1 aromatic carbocycles. The largest absolute Gasteiger partial charge is 0.367 e. The van der Waals surface area contributed by atoms with E-state index in [1.54, 1.807) is 6.07 Å². The Hall–Kier alpha value is -0.620. The smallest absolute Gasteiger partial charge is 0.131 e. The second-order valence-electron chi connectivity index (χ2n) is 5.77. The molecular formula is C14H18Cl2N4S. The Morgan fingerprint density at radius 3 is 2.86 bits per heavy atom. The van der Waals surface area contributed by atoms with Crippen LogP contribution in [0.5, 0.6) is 0 Å². The van der Waals surface area contributed by atoms with Gasteiger partial charge in [-0.1, -0.05) is 30.1 Å². The normalized spacial score (nSPS) is 23.5. The van der Waals surface area contributed by atoms with Gasteiger partial charge >= 0.3 is 0 Å². The molecule has 1 unspecified atom stereocenters. The van der Waals surface area contributed by atoms with Crippen molar-refractivity contribution in [2.24, 2.45) is 0 Å². The molecule has 0 saturated carbocycles. The molecule has 1 aliphatic rings. The predicted molar refractivity (Wildman–Crippen MR) is 91.0 cm³/mol. The van der Waals surface area contributed by atoms with Crippen LogP contribution in [0.4, 0.5) is 5.69 Å². The minimum atomic E-state index is 0.0786. The molecule has 1 saturated heterocycles. The van der Waals surface area contributed by atoms with Crippen LogP contribution in [0.3, 0.4) is 0 Å². The average molecular weight is 345 g/mol. The van der Waals surface area contributed by atoms with Gasteiger partial charge in [-0.15, -0.1) is 0 Å². The van der Waals surface area contributed by atoms with Gasteiger partial charge in [0.15, 0.2) is 0 Å². The first kappa shape index (κ1) is 15.3. The van der Waals surface area contributed by atoms with Crippen molar-refractivity contribution in [1.29, 1.82) is 0 Å². The third-order valence-electron chi connectivity index (χ3n) is 4.21. The predicted octanol–water partition coefficient (Wildman–Crippen LogP) is 3.97. The van der Waals surface area contributed by atoms with Gasteiger partial charge in [-0.3, -0.25) is 0 Å². The third kappa shape index (κ3) is 2.84. The summed E-state index contributed by atoms with van der Waals surface area (Å²) in [5, 5.41) is 4.86. The number of halogens is 2. The highest BCUT2D eigenvalue weighted by molar-refractivity contribution is 7.00. The molecule has 21 heavy (non-hydrogen) atoms. The van der Waals surface area contributed by atoms with Crippen molar-refractivity contribution in [3.63, 3.8) is 0 Å². The molecule has 7 heteroatoms.